The molecule has 0 spiro atoms. The number of alkyl halides is 1. The first-order valence-electron chi connectivity index (χ1n) is 7.67. The minimum atomic E-state index is -1.34. The Morgan fingerprint density at radius 2 is 2.23 bits per heavy atom. The Labute approximate surface area is 129 Å². The molecule has 5 nitrogen and oxygen atoms in total. The number of rotatable bonds is 4. The van der Waals surface area contributed by atoms with Gasteiger partial charge in [-0.05, 0) is 25.0 Å². The first kappa shape index (κ1) is 14.8. The molecule has 1 aromatic heterocycles. The van der Waals surface area contributed by atoms with Crippen molar-refractivity contribution in [2.45, 2.75) is 31.4 Å². The number of pyridine rings is 1. The molecule has 1 N–H and O–H groups in total. The van der Waals surface area contributed by atoms with Crippen LogP contribution in [0, 0.1) is 17.2 Å². The van der Waals surface area contributed by atoms with Crippen LogP contribution in [0.15, 0.2) is 18.3 Å². The topological polar surface area (TPSA) is 69.0 Å². The number of hydrogen-bond donors (Lipinski definition) is 1. The maximum Gasteiger partial charge on any atom is 0.223 e. The van der Waals surface area contributed by atoms with Crippen LogP contribution in [0.5, 0.6) is 0 Å². The smallest absolute Gasteiger partial charge is 0.223 e. The van der Waals surface area contributed by atoms with Crippen molar-refractivity contribution in [1.29, 1.82) is 5.26 Å². The van der Waals surface area contributed by atoms with E-state index in [1.165, 1.54) is 0 Å². The van der Waals surface area contributed by atoms with E-state index in [-0.39, 0.29) is 18.4 Å². The fraction of sp³-hybridized carbons (Fsp3) is 0.562. The van der Waals surface area contributed by atoms with E-state index in [2.05, 4.69) is 16.4 Å². The van der Waals surface area contributed by atoms with Gasteiger partial charge in [0.1, 0.15) is 11.5 Å². The van der Waals surface area contributed by atoms with Crippen molar-refractivity contribution < 1.29 is 9.18 Å². The van der Waals surface area contributed by atoms with Gasteiger partial charge in [0, 0.05) is 38.0 Å². The van der Waals surface area contributed by atoms with Crippen LogP contribution in [0.25, 0.3) is 0 Å². The number of anilines is 1. The molecule has 3 rings (SSSR count). The summed E-state index contributed by atoms with van der Waals surface area (Å²) in [6, 6.07) is 5.46. The van der Waals surface area contributed by atoms with E-state index < -0.39 is 5.67 Å². The molecule has 1 saturated heterocycles. The SMILES string of the molecule is N#Cc1ccnc(N2CCC(F)(CNC(=O)C3CC3)CC2)c1. The highest BCUT2D eigenvalue weighted by Crippen LogP contribution is 2.31. The molecule has 1 amide bonds. The molecule has 6 heteroatoms. The van der Waals surface area contributed by atoms with Gasteiger partial charge < -0.3 is 10.2 Å². The molecule has 0 atom stereocenters. The van der Waals surface area contributed by atoms with E-state index in [1.807, 2.05) is 4.90 Å². The van der Waals surface area contributed by atoms with Crippen molar-refractivity contribution in [2.24, 2.45) is 5.92 Å². The molecule has 2 heterocycles. The van der Waals surface area contributed by atoms with Crippen LogP contribution in [0.2, 0.25) is 0 Å². The highest BCUT2D eigenvalue weighted by molar-refractivity contribution is 5.80. The van der Waals surface area contributed by atoms with Crippen molar-refractivity contribution in [1.82, 2.24) is 10.3 Å². The van der Waals surface area contributed by atoms with Crippen molar-refractivity contribution >= 4 is 11.7 Å². The summed E-state index contributed by atoms with van der Waals surface area (Å²) in [5.41, 5.74) is -0.785. The predicted octanol–water partition coefficient (Wildman–Crippen LogP) is 1.79. The van der Waals surface area contributed by atoms with Crippen molar-refractivity contribution in [3.63, 3.8) is 0 Å². The molecule has 0 bridgehead atoms. The van der Waals surface area contributed by atoms with E-state index in [9.17, 15) is 9.18 Å². The number of hydrogen-bond acceptors (Lipinski definition) is 4. The Hall–Kier alpha value is -2.16. The summed E-state index contributed by atoms with van der Waals surface area (Å²) in [6.07, 6.45) is 4.17. The average Bonchev–Trinajstić information content (AvgIpc) is 3.38. The number of carbonyl (C=O) groups excluding carboxylic acids is 1. The normalized spacial score (nSPS) is 20.3. The molecule has 0 aromatic carbocycles. The summed E-state index contributed by atoms with van der Waals surface area (Å²) in [6.45, 7) is 1.18. The number of aromatic nitrogens is 1. The Morgan fingerprint density at radius 3 is 2.86 bits per heavy atom. The van der Waals surface area contributed by atoms with Crippen LogP contribution >= 0.6 is 0 Å². The standard InChI is InChI=1S/C16H19FN4O/c17-16(11-20-15(22)13-1-2-13)4-7-21(8-5-16)14-9-12(10-18)3-6-19-14/h3,6,9,13H,1-2,4-5,7-8,11H2,(H,20,22). The molecule has 1 saturated carbocycles. The number of nitrogens with one attached hydrogen (secondary N) is 1. The maximum atomic E-state index is 14.7. The molecule has 1 aromatic rings. The number of piperidine rings is 1. The summed E-state index contributed by atoms with van der Waals surface area (Å²) >= 11 is 0. The quantitative estimate of drug-likeness (QED) is 0.920. The van der Waals surface area contributed by atoms with Crippen LogP contribution < -0.4 is 10.2 Å². The highest BCUT2D eigenvalue weighted by atomic mass is 19.1. The second-order valence-corrected chi connectivity index (χ2v) is 6.14. The van der Waals surface area contributed by atoms with Crippen LogP contribution in [0.3, 0.4) is 0 Å². The minimum absolute atomic E-state index is 0.0113. The largest absolute Gasteiger partial charge is 0.356 e. The van der Waals surface area contributed by atoms with Crippen molar-refractivity contribution in [3.05, 3.63) is 23.9 Å². The van der Waals surface area contributed by atoms with Gasteiger partial charge in [0.2, 0.25) is 5.91 Å². The second-order valence-electron chi connectivity index (χ2n) is 6.14. The van der Waals surface area contributed by atoms with Gasteiger partial charge in [-0.1, -0.05) is 0 Å². The first-order valence-corrected chi connectivity index (χ1v) is 7.67. The van der Waals surface area contributed by atoms with E-state index >= 15 is 0 Å². The zero-order valence-corrected chi connectivity index (χ0v) is 12.4. The Bertz CT molecular complexity index is 600. The van der Waals surface area contributed by atoms with Gasteiger partial charge in [-0.25, -0.2) is 9.37 Å². The number of amides is 1. The predicted molar refractivity (Wildman–Crippen MR) is 80.0 cm³/mol. The molecule has 1 aliphatic heterocycles. The summed E-state index contributed by atoms with van der Waals surface area (Å²) in [7, 11) is 0. The third-order valence-electron chi connectivity index (χ3n) is 4.39. The number of carbonyl (C=O) groups is 1. The van der Waals surface area contributed by atoms with Crippen LogP contribution in [0.4, 0.5) is 10.2 Å². The average molecular weight is 302 g/mol. The second kappa shape index (κ2) is 5.91. The fourth-order valence-corrected chi connectivity index (χ4v) is 2.71. The maximum absolute atomic E-state index is 14.7. The Morgan fingerprint density at radius 1 is 1.50 bits per heavy atom. The molecule has 0 radical (unpaired) electrons. The lowest BCUT2D eigenvalue weighted by molar-refractivity contribution is -0.123. The molecular weight excluding hydrogens is 283 g/mol. The third-order valence-corrected chi connectivity index (χ3v) is 4.39. The van der Waals surface area contributed by atoms with Gasteiger partial charge >= 0.3 is 0 Å². The van der Waals surface area contributed by atoms with E-state index in [0.717, 1.165) is 12.8 Å². The molecule has 1 aliphatic carbocycles. The monoisotopic (exact) mass is 302 g/mol. The third kappa shape index (κ3) is 3.35. The van der Waals surface area contributed by atoms with Gasteiger partial charge in [-0.2, -0.15) is 5.26 Å². The van der Waals surface area contributed by atoms with E-state index in [1.54, 1.807) is 18.3 Å². The molecule has 0 unspecified atom stereocenters. The lowest BCUT2D eigenvalue weighted by Gasteiger charge is -2.37. The van der Waals surface area contributed by atoms with E-state index in [0.29, 0.717) is 37.3 Å². The number of halogens is 1. The minimum Gasteiger partial charge on any atom is -0.356 e. The van der Waals surface area contributed by atoms with Crippen LogP contribution in [-0.2, 0) is 4.79 Å². The summed E-state index contributed by atoms with van der Waals surface area (Å²) < 4.78 is 14.7. The Balaban J connectivity index is 1.54. The van der Waals surface area contributed by atoms with E-state index in [4.69, 9.17) is 5.26 Å². The van der Waals surface area contributed by atoms with Crippen molar-refractivity contribution in [3.8, 4) is 6.07 Å². The lowest BCUT2D eigenvalue weighted by atomic mass is 9.93. The number of nitriles is 1. The van der Waals surface area contributed by atoms with Crippen molar-refractivity contribution in [2.75, 3.05) is 24.5 Å². The number of nitrogens with zero attached hydrogens (tertiary/aromatic N) is 3. The molecule has 116 valence electrons. The first-order chi connectivity index (χ1) is 10.6. The van der Waals surface area contributed by atoms with Gasteiger partial charge in [-0.3, -0.25) is 4.79 Å². The molecule has 2 aliphatic rings. The molecular formula is C16H19FN4O. The van der Waals surface area contributed by atoms with Gasteiger partial charge in [0.05, 0.1) is 18.2 Å². The van der Waals surface area contributed by atoms with Gasteiger partial charge in [-0.15, -0.1) is 0 Å². The van der Waals surface area contributed by atoms with Crippen LogP contribution in [0.1, 0.15) is 31.2 Å². The molecule has 2 fully saturated rings. The van der Waals surface area contributed by atoms with Gasteiger partial charge in [0.25, 0.3) is 0 Å². The van der Waals surface area contributed by atoms with Gasteiger partial charge in [0.15, 0.2) is 0 Å². The Kier molecular flexibility index (Phi) is 3.97. The van der Waals surface area contributed by atoms with Crippen LogP contribution in [-0.4, -0.2) is 36.2 Å². The summed E-state index contributed by atoms with van der Waals surface area (Å²) in [5, 5.41) is 11.7. The summed E-state index contributed by atoms with van der Waals surface area (Å²) in [5.74, 6) is 0.813. The highest BCUT2D eigenvalue weighted by Gasteiger charge is 2.37. The summed E-state index contributed by atoms with van der Waals surface area (Å²) in [4.78, 5) is 17.9. The lowest BCUT2D eigenvalue weighted by Crippen LogP contribution is -2.48. The zero-order chi connectivity index (χ0) is 15.6. The fourth-order valence-electron chi connectivity index (χ4n) is 2.71. The molecule has 22 heavy (non-hydrogen) atoms. The zero-order valence-electron chi connectivity index (χ0n) is 12.4.